The molecule has 0 bridgehead atoms. The summed E-state index contributed by atoms with van der Waals surface area (Å²) in [5.41, 5.74) is 0. The summed E-state index contributed by atoms with van der Waals surface area (Å²) in [5.74, 6) is -0.576. The van der Waals surface area contributed by atoms with Gasteiger partial charge in [0.05, 0.1) is 4.47 Å². The van der Waals surface area contributed by atoms with Gasteiger partial charge in [0.2, 0.25) is 6.33 Å². The average Bonchev–Trinajstić information content (AvgIpc) is 2.66. The molecular weight excluding hydrogens is 309 g/mol. The average molecular weight is 316 g/mol. The first-order valence-corrected chi connectivity index (χ1v) is 5.57. The number of aryl methyl sites for hydroxylation is 1. The third-order valence-corrected chi connectivity index (χ3v) is 2.75. The lowest BCUT2D eigenvalue weighted by Crippen LogP contribution is -1.96. The lowest BCUT2D eigenvalue weighted by Gasteiger charge is -2.05. The lowest BCUT2D eigenvalue weighted by molar-refractivity contribution is -0.390. The van der Waals surface area contributed by atoms with Crippen molar-refractivity contribution in [2.24, 2.45) is 7.05 Å². The molecule has 0 aliphatic carbocycles. The van der Waals surface area contributed by atoms with Crippen molar-refractivity contribution >= 4 is 21.7 Å². The number of hydrogen-bond donors (Lipinski definition) is 0. The molecule has 1 aromatic heterocycles. The zero-order chi connectivity index (χ0) is 13.3. The number of rotatable bonds is 3. The zero-order valence-electron chi connectivity index (χ0n) is 9.13. The van der Waals surface area contributed by atoms with E-state index in [1.165, 1.54) is 29.1 Å². The normalized spacial score (nSPS) is 10.4. The molecular formula is C10H7BrFN3O3. The Morgan fingerprint density at radius 2 is 2.28 bits per heavy atom. The van der Waals surface area contributed by atoms with Crippen molar-refractivity contribution in [1.29, 1.82) is 0 Å². The van der Waals surface area contributed by atoms with Gasteiger partial charge >= 0.3 is 11.7 Å². The molecule has 0 saturated heterocycles. The van der Waals surface area contributed by atoms with Crippen molar-refractivity contribution in [1.82, 2.24) is 9.55 Å². The molecule has 0 atom stereocenters. The molecule has 8 heteroatoms. The second kappa shape index (κ2) is 4.73. The van der Waals surface area contributed by atoms with Crippen LogP contribution >= 0.6 is 15.9 Å². The van der Waals surface area contributed by atoms with Gasteiger partial charge in [-0.15, -0.1) is 0 Å². The fourth-order valence-corrected chi connectivity index (χ4v) is 1.66. The van der Waals surface area contributed by atoms with E-state index in [2.05, 4.69) is 20.9 Å². The van der Waals surface area contributed by atoms with E-state index in [1.54, 1.807) is 7.05 Å². The number of halogens is 2. The highest BCUT2D eigenvalue weighted by molar-refractivity contribution is 9.10. The Bertz CT molecular complexity index is 614. The Kier molecular flexibility index (Phi) is 3.28. The second-order valence-electron chi connectivity index (χ2n) is 3.42. The number of ether oxygens (including phenoxy) is 1. The van der Waals surface area contributed by atoms with Gasteiger partial charge in [-0.05, 0) is 44.0 Å². The minimum absolute atomic E-state index is 0.0153. The van der Waals surface area contributed by atoms with Crippen LogP contribution in [-0.4, -0.2) is 14.5 Å². The smallest absolute Gasteiger partial charge is 0.427 e. The van der Waals surface area contributed by atoms with E-state index in [1.807, 2.05) is 0 Å². The number of imidazole rings is 1. The molecule has 0 fully saturated rings. The summed E-state index contributed by atoms with van der Waals surface area (Å²) in [6.07, 6.45) is 1.27. The van der Waals surface area contributed by atoms with Gasteiger partial charge in [-0.3, -0.25) is 4.57 Å². The maximum absolute atomic E-state index is 13.0. The van der Waals surface area contributed by atoms with Crippen LogP contribution in [0.3, 0.4) is 0 Å². The Balaban J connectivity index is 2.36. The molecule has 0 aliphatic heterocycles. The molecule has 18 heavy (non-hydrogen) atoms. The van der Waals surface area contributed by atoms with Crippen molar-refractivity contribution < 1.29 is 14.1 Å². The van der Waals surface area contributed by atoms with Crippen molar-refractivity contribution in [3.63, 3.8) is 0 Å². The van der Waals surface area contributed by atoms with Gasteiger partial charge in [-0.1, -0.05) is 0 Å². The summed E-state index contributed by atoms with van der Waals surface area (Å²) in [7, 11) is 1.56. The van der Waals surface area contributed by atoms with Crippen molar-refractivity contribution in [2.75, 3.05) is 0 Å². The van der Waals surface area contributed by atoms with Crippen LogP contribution in [0.5, 0.6) is 11.6 Å². The molecule has 0 saturated carbocycles. The van der Waals surface area contributed by atoms with E-state index >= 15 is 0 Å². The summed E-state index contributed by atoms with van der Waals surface area (Å²) >= 11 is 3.00. The minimum Gasteiger partial charge on any atom is -0.434 e. The Labute approximate surface area is 109 Å². The number of benzene rings is 1. The van der Waals surface area contributed by atoms with E-state index in [-0.39, 0.29) is 16.1 Å². The minimum atomic E-state index is -0.645. The Hall–Kier alpha value is -1.96. The van der Waals surface area contributed by atoms with E-state index in [0.717, 1.165) is 0 Å². The van der Waals surface area contributed by atoms with Crippen LogP contribution < -0.4 is 4.74 Å². The van der Waals surface area contributed by atoms with Crippen LogP contribution in [-0.2, 0) is 7.05 Å². The number of aromatic nitrogens is 2. The largest absolute Gasteiger partial charge is 0.434 e. The van der Waals surface area contributed by atoms with Gasteiger partial charge in [-0.2, -0.15) is 0 Å². The third-order valence-electron chi connectivity index (χ3n) is 2.14. The summed E-state index contributed by atoms with van der Waals surface area (Å²) in [6, 6.07) is 3.95. The van der Waals surface area contributed by atoms with Gasteiger partial charge in [0.1, 0.15) is 11.6 Å². The van der Waals surface area contributed by atoms with Gasteiger partial charge in [-0.25, -0.2) is 4.39 Å². The molecule has 2 rings (SSSR count). The zero-order valence-corrected chi connectivity index (χ0v) is 10.7. The van der Waals surface area contributed by atoms with Gasteiger partial charge in [0.25, 0.3) is 0 Å². The SMILES string of the molecule is Cn1cnc([N+](=O)[O-])c1Oc1ccc(F)c(Br)c1. The first kappa shape index (κ1) is 12.5. The topological polar surface area (TPSA) is 70.2 Å². The van der Waals surface area contributed by atoms with E-state index in [4.69, 9.17) is 4.74 Å². The van der Waals surface area contributed by atoms with Crippen LogP contribution in [0.2, 0.25) is 0 Å². The molecule has 0 aliphatic rings. The van der Waals surface area contributed by atoms with Crippen molar-refractivity contribution in [3.05, 3.63) is 44.9 Å². The van der Waals surface area contributed by atoms with Gasteiger partial charge < -0.3 is 14.9 Å². The van der Waals surface area contributed by atoms with Gasteiger partial charge in [0.15, 0.2) is 0 Å². The molecule has 1 heterocycles. The summed E-state index contributed by atoms with van der Waals surface area (Å²) in [6.45, 7) is 0. The van der Waals surface area contributed by atoms with E-state index in [0.29, 0.717) is 0 Å². The first-order valence-electron chi connectivity index (χ1n) is 4.77. The van der Waals surface area contributed by atoms with Crippen LogP contribution in [0.4, 0.5) is 10.2 Å². The molecule has 2 aromatic rings. The molecule has 1 aromatic carbocycles. The fourth-order valence-electron chi connectivity index (χ4n) is 1.30. The molecule has 0 amide bonds. The Morgan fingerprint density at radius 1 is 1.56 bits per heavy atom. The summed E-state index contributed by atoms with van der Waals surface area (Å²) in [5, 5.41) is 10.7. The highest BCUT2D eigenvalue weighted by Gasteiger charge is 2.22. The second-order valence-corrected chi connectivity index (χ2v) is 4.27. The highest BCUT2D eigenvalue weighted by Crippen LogP contribution is 2.31. The molecule has 6 nitrogen and oxygen atoms in total. The maximum Gasteiger partial charge on any atom is 0.427 e. The summed E-state index contributed by atoms with van der Waals surface area (Å²) in [4.78, 5) is 13.7. The molecule has 0 N–H and O–H groups in total. The quantitative estimate of drug-likeness (QED) is 0.644. The molecule has 0 spiro atoms. The monoisotopic (exact) mass is 315 g/mol. The van der Waals surface area contributed by atoms with Crippen LogP contribution in [0, 0.1) is 15.9 Å². The predicted octanol–water partition coefficient (Wildman–Crippen LogP) is 3.02. The number of nitrogens with zero attached hydrogens (tertiary/aromatic N) is 3. The molecule has 0 radical (unpaired) electrons. The standard InChI is InChI=1S/C10H7BrFN3O3/c1-14-5-13-9(15(16)17)10(14)18-6-2-3-8(12)7(11)4-6/h2-5H,1H3. The van der Waals surface area contributed by atoms with E-state index in [9.17, 15) is 14.5 Å². The molecule has 94 valence electrons. The summed E-state index contributed by atoms with van der Waals surface area (Å²) < 4.78 is 20.0. The van der Waals surface area contributed by atoms with Crippen LogP contribution in [0.25, 0.3) is 0 Å². The highest BCUT2D eigenvalue weighted by atomic mass is 79.9. The Morgan fingerprint density at radius 3 is 2.89 bits per heavy atom. The first-order chi connectivity index (χ1) is 8.49. The lowest BCUT2D eigenvalue weighted by atomic mass is 10.3. The van der Waals surface area contributed by atoms with Crippen LogP contribution in [0.1, 0.15) is 0 Å². The third kappa shape index (κ3) is 2.33. The number of nitro groups is 1. The van der Waals surface area contributed by atoms with Crippen molar-refractivity contribution in [3.8, 4) is 11.6 Å². The van der Waals surface area contributed by atoms with Gasteiger partial charge in [0, 0.05) is 7.05 Å². The molecule has 0 unspecified atom stereocenters. The fraction of sp³-hybridized carbons (Fsp3) is 0.100. The maximum atomic E-state index is 13.0. The van der Waals surface area contributed by atoms with E-state index < -0.39 is 16.6 Å². The van der Waals surface area contributed by atoms with Crippen molar-refractivity contribution in [2.45, 2.75) is 0 Å². The van der Waals surface area contributed by atoms with Crippen LogP contribution in [0.15, 0.2) is 29.0 Å². The number of hydrogen-bond acceptors (Lipinski definition) is 4. The predicted molar refractivity (Wildman–Crippen MR) is 64.0 cm³/mol.